The van der Waals surface area contributed by atoms with E-state index < -0.39 is 6.10 Å². The minimum Gasteiger partial charge on any atom is -0.495 e. The number of anilines is 1. The molecule has 0 aliphatic rings. The molecule has 0 saturated heterocycles. The van der Waals surface area contributed by atoms with Gasteiger partial charge in [0.1, 0.15) is 24.2 Å². The molecule has 0 unspecified atom stereocenters. The minimum atomic E-state index is -0.942. The summed E-state index contributed by atoms with van der Waals surface area (Å²) in [5.41, 5.74) is 2.82. The highest BCUT2D eigenvalue weighted by Crippen LogP contribution is 2.27. The van der Waals surface area contributed by atoms with E-state index in [4.69, 9.17) is 4.74 Å². The van der Waals surface area contributed by atoms with Gasteiger partial charge in [-0.15, -0.1) is 0 Å². The van der Waals surface area contributed by atoms with Crippen molar-refractivity contribution >= 4 is 22.6 Å². The third-order valence-electron chi connectivity index (χ3n) is 4.73. The third-order valence-corrected chi connectivity index (χ3v) is 4.73. The van der Waals surface area contributed by atoms with Crippen LogP contribution in [0.1, 0.15) is 17.5 Å². The van der Waals surface area contributed by atoms with Crippen LogP contribution in [-0.4, -0.2) is 27.7 Å². The molecule has 0 spiro atoms. The van der Waals surface area contributed by atoms with Crippen molar-refractivity contribution in [3.63, 3.8) is 0 Å². The number of benzene rings is 3. The van der Waals surface area contributed by atoms with E-state index in [0.717, 1.165) is 11.0 Å². The van der Waals surface area contributed by atoms with E-state index in [0.29, 0.717) is 22.8 Å². The van der Waals surface area contributed by atoms with Gasteiger partial charge in [0.2, 0.25) is 5.91 Å². The van der Waals surface area contributed by atoms with E-state index >= 15 is 0 Å². The van der Waals surface area contributed by atoms with Crippen LogP contribution in [0.3, 0.4) is 0 Å². The molecular weight excluding hydrogens is 366 g/mol. The SMILES string of the molecule is COc1ccccc1NC(=O)Cn1c([C@H](O)c2ccccc2)nc2ccccc21. The molecule has 0 aliphatic heterocycles. The van der Waals surface area contributed by atoms with Crippen LogP contribution in [0.25, 0.3) is 11.0 Å². The Morgan fingerprint density at radius 2 is 1.72 bits per heavy atom. The van der Waals surface area contributed by atoms with Crippen LogP contribution >= 0.6 is 0 Å². The maximum Gasteiger partial charge on any atom is 0.244 e. The third kappa shape index (κ3) is 3.83. The molecule has 146 valence electrons. The smallest absolute Gasteiger partial charge is 0.244 e. The Labute approximate surface area is 168 Å². The Bertz CT molecular complexity index is 1140. The number of aromatic nitrogens is 2. The van der Waals surface area contributed by atoms with Gasteiger partial charge in [0.15, 0.2) is 0 Å². The molecule has 0 aliphatic carbocycles. The van der Waals surface area contributed by atoms with Gasteiger partial charge in [0.05, 0.1) is 23.8 Å². The second kappa shape index (κ2) is 8.16. The molecular formula is C23H21N3O3. The van der Waals surface area contributed by atoms with E-state index in [1.165, 1.54) is 0 Å². The van der Waals surface area contributed by atoms with Gasteiger partial charge in [-0.25, -0.2) is 4.98 Å². The molecule has 1 heterocycles. The summed E-state index contributed by atoms with van der Waals surface area (Å²) in [4.78, 5) is 17.4. The minimum absolute atomic E-state index is 0.0117. The summed E-state index contributed by atoms with van der Waals surface area (Å²) in [6, 6.07) is 24.0. The van der Waals surface area contributed by atoms with Crippen LogP contribution in [0.5, 0.6) is 5.75 Å². The number of hydrogen-bond donors (Lipinski definition) is 2. The number of carbonyl (C=O) groups is 1. The number of aliphatic hydroxyl groups is 1. The average Bonchev–Trinajstić information content (AvgIpc) is 3.12. The van der Waals surface area contributed by atoms with Gasteiger partial charge >= 0.3 is 0 Å². The molecule has 1 atom stereocenters. The van der Waals surface area contributed by atoms with Crippen molar-refractivity contribution in [2.24, 2.45) is 0 Å². The molecule has 0 saturated carbocycles. The van der Waals surface area contributed by atoms with Gasteiger partial charge in [-0.05, 0) is 29.8 Å². The number of fused-ring (bicyclic) bond motifs is 1. The van der Waals surface area contributed by atoms with E-state index in [9.17, 15) is 9.90 Å². The Kier molecular flexibility index (Phi) is 5.27. The van der Waals surface area contributed by atoms with Gasteiger partial charge in [0.25, 0.3) is 0 Å². The van der Waals surface area contributed by atoms with Gasteiger partial charge in [0, 0.05) is 0 Å². The number of carbonyl (C=O) groups excluding carboxylic acids is 1. The van der Waals surface area contributed by atoms with Crippen molar-refractivity contribution in [2.45, 2.75) is 12.6 Å². The molecule has 1 amide bonds. The molecule has 4 aromatic rings. The molecule has 4 rings (SSSR count). The molecule has 0 fully saturated rings. The van der Waals surface area contributed by atoms with Crippen molar-refractivity contribution in [2.75, 3.05) is 12.4 Å². The monoisotopic (exact) mass is 387 g/mol. The van der Waals surface area contributed by atoms with Crippen LogP contribution < -0.4 is 10.1 Å². The van der Waals surface area contributed by atoms with E-state index in [1.54, 1.807) is 23.8 Å². The molecule has 2 N–H and O–H groups in total. The number of para-hydroxylation sites is 4. The fourth-order valence-electron chi connectivity index (χ4n) is 3.33. The maximum atomic E-state index is 12.8. The van der Waals surface area contributed by atoms with Gasteiger partial charge in [-0.1, -0.05) is 54.6 Å². The number of hydrogen-bond acceptors (Lipinski definition) is 4. The topological polar surface area (TPSA) is 76.4 Å². The number of nitrogens with one attached hydrogen (secondary N) is 1. The van der Waals surface area contributed by atoms with Crippen LogP contribution in [0.4, 0.5) is 5.69 Å². The Morgan fingerprint density at radius 1 is 1.03 bits per heavy atom. The number of imidazole rings is 1. The highest BCUT2D eigenvalue weighted by atomic mass is 16.5. The van der Waals surface area contributed by atoms with E-state index in [1.807, 2.05) is 66.7 Å². The highest BCUT2D eigenvalue weighted by Gasteiger charge is 2.21. The summed E-state index contributed by atoms with van der Waals surface area (Å²) in [6.07, 6.45) is -0.942. The number of ether oxygens (including phenoxy) is 1. The number of methoxy groups -OCH3 is 1. The second-order valence-corrected chi connectivity index (χ2v) is 6.61. The lowest BCUT2D eigenvalue weighted by molar-refractivity contribution is -0.116. The molecule has 29 heavy (non-hydrogen) atoms. The average molecular weight is 387 g/mol. The molecule has 1 aromatic heterocycles. The summed E-state index contributed by atoms with van der Waals surface area (Å²) >= 11 is 0. The van der Waals surface area contributed by atoms with E-state index in [-0.39, 0.29) is 12.5 Å². The van der Waals surface area contributed by atoms with Crippen LogP contribution in [0, 0.1) is 0 Å². The normalized spacial score (nSPS) is 11.9. The lowest BCUT2D eigenvalue weighted by atomic mass is 10.1. The largest absolute Gasteiger partial charge is 0.495 e. The summed E-state index contributed by atoms with van der Waals surface area (Å²) in [5, 5.41) is 13.8. The fourth-order valence-corrected chi connectivity index (χ4v) is 3.33. The van der Waals surface area contributed by atoms with Crippen molar-refractivity contribution in [3.8, 4) is 5.75 Å². The molecule has 6 heteroatoms. The first-order chi connectivity index (χ1) is 14.2. The zero-order valence-corrected chi connectivity index (χ0v) is 15.9. The summed E-state index contributed by atoms with van der Waals surface area (Å²) < 4.78 is 7.05. The van der Waals surface area contributed by atoms with Gasteiger partial charge in [-0.3, -0.25) is 4.79 Å². The Hall–Kier alpha value is -3.64. The zero-order valence-electron chi connectivity index (χ0n) is 15.9. The molecule has 0 radical (unpaired) electrons. The quantitative estimate of drug-likeness (QED) is 0.528. The second-order valence-electron chi connectivity index (χ2n) is 6.61. The lowest BCUT2D eigenvalue weighted by Crippen LogP contribution is -2.21. The number of nitrogens with zero attached hydrogens (tertiary/aromatic N) is 2. The number of amides is 1. The van der Waals surface area contributed by atoms with Crippen molar-refractivity contribution in [1.82, 2.24) is 9.55 Å². The predicted molar refractivity (Wildman–Crippen MR) is 112 cm³/mol. The first kappa shape index (κ1) is 18.7. The zero-order chi connectivity index (χ0) is 20.2. The van der Waals surface area contributed by atoms with Crippen LogP contribution in [0.15, 0.2) is 78.9 Å². The first-order valence-electron chi connectivity index (χ1n) is 9.28. The van der Waals surface area contributed by atoms with Crippen LogP contribution in [-0.2, 0) is 11.3 Å². The van der Waals surface area contributed by atoms with Crippen LogP contribution in [0.2, 0.25) is 0 Å². The number of aliphatic hydroxyl groups excluding tert-OH is 1. The standard InChI is InChI=1S/C23H21N3O3/c1-29-20-14-8-6-12-18(20)24-21(27)15-26-19-13-7-5-11-17(19)25-23(26)22(28)16-9-3-2-4-10-16/h2-14,22,28H,15H2,1H3,(H,24,27)/t22-/m1/s1. The van der Waals surface area contributed by atoms with Crippen molar-refractivity contribution in [1.29, 1.82) is 0 Å². The van der Waals surface area contributed by atoms with Gasteiger partial charge < -0.3 is 19.7 Å². The van der Waals surface area contributed by atoms with Crippen molar-refractivity contribution < 1.29 is 14.6 Å². The Morgan fingerprint density at radius 3 is 2.52 bits per heavy atom. The highest BCUT2D eigenvalue weighted by molar-refractivity contribution is 5.93. The lowest BCUT2D eigenvalue weighted by Gasteiger charge is -2.15. The molecule has 0 bridgehead atoms. The maximum absolute atomic E-state index is 12.8. The van der Waals surface area contributed by atoms with Gasteiger partial charge in [-0.2, -0.15) is 0 Å². The summed E-state index contributed by atoms with van der Waals surface area (Å²) in [7, 11) is 1.56. The Balaban J connectivity index is 1.68. The fraction of sp³-hybridized carbons (Fsp3) is 0.130. The number of rotatable bonds is 6. The summed E-state index contributed by atoms with van der Waals surface area (Å²) in [6.45, 7) is 0.0117. The molecule has 6 nitrogen and oxygen atoms in total. The predicted octanol–water partition coefficient (Wildman–Crippen LogP) is 3.77. The summed E-state index contributed by atoms with van der Waals surface area (Å²) in [5.74, 6) is 0.771. The first-order valence-corrected chi connectivity index (χ1v) is 9.28. The van der Waals surface area contributed by atoms with E-state index in [2.05, 4.69) is 10.3 Å². The van der Waals surface area contributed by atoms with Crippen molar-refractivity contribution in [3.05, 3.63) is 90.3 Å². The molecule has 3 aromatic carbocycles.